The van der Waals surface area contributed by atoms with Gasteiger partial charge in [-0.15, -0.1) is 0 Å². The summed E-state index contributed by atoms with van der Waals surface area (Å²) >= 11 is 0. The van der Waals surface area contributed by atoms with Crippen LogP contribution in [0.3, 0.4) is 0 Å². The van der Waals surface area contributed by atoms with Crippen molar-refractivity contribution in [2.75, 3.05) is 45.9 Å². The Bertz CT molecular complexity index is 1040. The Labute approximate surface area is 208 Å². The molecule has 4 aliphatic rings. The van der Waals surface area contributed by atoms with E-state index in [4.69, 9.17) is 14.5 Å². The number of fused-ring (bicyclic) bond motifs is 2. The lowest BCUT2D eigenvalue weighted by Gasteiger charge is -2.27. The van der Waals surface area contributed by atoms with Crippen LogP contribution < -0.4 is 14.6 Å². The van der Waals surface area contributed by atoms with Crippen molar-refractivity contribution in [2.45, 2.75) is 50.6 Å². The van der Waals surface area contributed by atoms with Crippen LogP contribution in [0.5, 0.6) is 11.5 Å². The normalized spacial score (nSPS) is 24.1. The quantitative estimate of drug-likeness (QED) is 0.456. The Morgan fingerprint density at radius 2 is 1.71 bits per heavy atom. The Hall–Kier alpha value is -2.57. The summed E-state index contributed by atoms with van der Waals surface area (Å²) in [7, 11) is 0. The van der Waals surface area contributed by atoms with E-state index in [-0.39, 0.29) is 17.9 Å². The van der Waals surface area contributed by atoms with Gasteiger partial charge in [-0.05, 0) is 92.9 Å². The molecule has 0 saturated carbocycles. The van der Waals surface area contributed by atoms with Crippen LogP contribution >= 0.6 is 0 Å². The predicted octanol–water partition coefficient (Wildman–Crippen LogP) is 2.71. The van der Waals surface area contributed by atoms with E-state index in [1.807, 2.05) is 6.07 Å². The van der Waals surface area contributed by atoms with Crippen LogP contribution in [-0.4, -0.2) is 73.7 Å². The molecule has 0 aromatic heterocycles. The van der Waals surface area contributed by atoms with Gasteiger partial charge >= 0.3 is 0 Å². The van der Waals surface area contributed by atoms with Crippen molar-refractivity contribution in [3.8, 4) is 11.5 Å². The van der Waals surface area contributed by atoms with E-state index < -0.39 is 0 Å². The molecular weight excluding hydrogens is 438 g/mol. The van der Waals surface area contributed by atoms with Crippen molar-refractivity contribution >= 4 is 5.90 Å². The highest BCUT2D eigenvalue weighted by Crippen LogP contribution is 2.32. The number of hydrogen-bond acceptors (Lipinski definition) is 6. The van der Waals surface area contributed by atoms with E-state index >= 15 is 0 Å². The first-order valence-electron chi connectivity index (χ1n) is 13.4. The number of ether oxygens (including phenoxy) is 2. The monoisotopic (exact) mass is 474 g/mol. The van der Waals surface area contributed by atoms with Crippen LogP contribution in [0.25, 0.3) is 0 Å². The van der Waals surface area contributed by atoms with E-state index in [0.717, 1.165) is 75.5 Å². The van der Waals surface area contributed by atoms with Gasteiger partial charge in [-0.3, -0.25) is 4.90 Å². The molecule has 3 heterocycles. The molecule has 0 amide bonds. The van der Waals surface area contributed by atoms with E-state index in [0.29, 0.717) is 19.3 Å². The topological polar surface area (TPSA) is 60.4 Å². The number of rotatable bonds is 7. The lowest BCUT2D eigenvalue weighted by atomic mass is 10.0. The molecule has 2 aromatic rings. The van der Waals surface area contributed by atoms with Gasteiger partial charge in [0.05, 0.1) is 6.04 Å². The summed E-state index contributed by atoms with van der Waals surface area (Å²) in [5.41, 5.74) is 4.11. The molecule has 0 N–H and O–H groups in total. The summed E-state index contributed by atoms with van der Waals surface area (Å²) in [5.74, 6) is 1.75. The second kappa shape index (κ2) is 10.2. The molecule has 186 valence electrons. The SMILES string of the molecule is [O-]C(=NC(Cc1ccc2c(c1)OCCO2)CN1CCCC1)[C@@H]1CCN(C2Cc3ccccc3C2)C1. The highest BCUT2D eigenvalue weighted by molar-refractivity contribution is 5.75. The Morgan fingerprint density at radius 3 is 2.49 bits per heavy atom. The first kappa shape index (κ1) is 22.9. The molecule has 2 saturated heterocycles. The summed E-state index contributed by atoms with van der Waals surface area (Å²) in [6.45, 7) is 6.11. The molecule has 1 unspecified atom stereocenters. The molecule has 6 heteroatoms. The molecule has 0 spiro atoms. The van der Waals surface area contributed by atoms with Crippen LogP contribution in [0, 0.1) is 5.92 Å². The van der Waals surface area contributed by atoms with Gasteiger partial charge in [-0.25, -0.2) is 0 Å². The minimum Gasteiger partial charge on any atom is -0.862 e. The van der Waals surface area contributed by atoms with Gasteiger partial charge in [-0.2, -0.15) is 0 Å². The predicted molar refractivity (Wildman–Crippen MR) is 135 cm³/mol. The zero-order valence-electron chi connectivity index (χ0n) is 20.5. The number of aliphatic imine (C=N–C) groups is 1. The molecular formula is C29H36N3O3-. The first-order chi connectivity index (χ1) is 17.2. The largest absolute Gasteiger partial charge is 0.862 e. The molecule has 0 bridgehead atoms. The van der Waals surface area contributed by atoms with Crippen LogP contribution in [0.4, 0.5) is 0 Å². The fraction of sp³-hybridized carbons (Fsp3) is 0.552. The summed E-state index contributed by atoms with van der Waals surface area (Å²) in [6.07, 6.45) is 6.38. The average molecular weight is 475 g/mol. The second-order valence-corrected chi connectivity index (χ2v) is 10.6. The van der Waals surface area contributed by atoms with Crippen molar-refractivity contribution < 1.29 is 14.6 Å². The van der Waals surface area contributed by atoms with Crippen molar-refractivity contribution in [1.82, 2.24) is 9.80 Å². The van der Waals surface area contributed by atoms with Crippen LogP contribution in [0.1, 0.15) is 36.0 Å². The number of nitrogens with zero attached hydrogens (tertiary/aromatic N) is 3. The fourth-order valence-corrected chi connectivity index (χ4v) is 6.30. The number of hydrogen-bond donors (Lipinski definition) is 0. The van der Waals surface area contributed by atoms with Gasteiger partial charge in [-0.1, -0.05) is 30.3 Å². The maximum atomic E-state index is 13.4. The molecule has 3 aliphatic heterocycles. The fourth-order valence-electron chi connectivity index (χ4n) is 6.30. The molecule has 6 nitrogen and oxygen atoms in total. The third-order valence-electron chi connectivity index (χ3n) is 8.17. The highest BCUT2D eigenvalue weighted by atomic mass is 16.6. The Balaban J connectivity index is 1.13. The lowest BCUT2D eigenvalue weighted by Crippen LogP contribution is -2.38. The van der Waals surface area contributed by atoms with Gasteiger partial charge in [0.2, 0.25) is 0 Å². The third kappa shape index (κ3) is 5.19. The van der Waals surface area contributed by atoms with E-state index in [1.165, 1.54) is 24.0 Å². The second-order valence-electron chi connectivity index (χ2n) is 10.6. The standard InChI is InChI=1S/C29H37N3O3/c33-29(24-9-12-32(19-24)26-17-22-5-1-2-6-23(22)18-26)30-25(20-31-10-3-4-11-31)15-21-7-8-27-28(16-21)35-14-13-34-27/h1-2,5-8,16,24-26H,3-4,9-15,17-20H2,(H,30,33)/p-1/t24-,25?/m1/s1. The highest BCUT2D eigenvalue weighted by Gasteiger charge is 2.32. The van der Waals surface area contributed by atoms with Crippen LogP contribution in [0.2, 0.25) is 0 Å². The molecule has 35 heavy (non-hydrogen) atoms. The first-order valence-corrected chi connectivity index (χ1v) is 13.4. The zero-order chi connectivity index (χ0) is 23.6. The van der Waals surface area contributed by atoms with Crippen LogP contribution in [0.15, 0.2) is 47.5 Å². The maximum Gasteiger partial charge on any atom is 0.161 e. The maximum absolute atomic E-state index is 13.4. The Morgan fingerprint density at radius 1 is 0.971 bits per heavy atom. The molecule has 0 radical (unpaired) electrons. The summed E-state index contributed by atoms with van der Waals surface area (Å²) < 4.78 is 11.5. The number of benzene rings is 2. The minimum absolute atomic E-state index is 0.0204. The van der Waals surface area contributed by atoms with E-state index in [1.54, 1.807) is 0 Å². The Kier molecular flexibility index (Phi) is 6.66. The smallest absolute Gasteiger partial charge is 0.161 e. The van der Waals surface area contributed by atoms with Crippen molar-refractivity contribution in [3.05, 3.63) is 59.2 Å². The van der Waals surface area contributed by atoms with Crippen molar-refractivity contribution in [2.24, 2.45) is 10.9 Å². The molecule has 2 atom stereocenters. The van der Waals surface area contributed by atoms with Gasteiger partial charge in [0.15, 0.2) is 11.5 Å². The summed E-state index contributed by atoms with van der Waals surface area (Å²) in [4.78, 5) is 9.86. The average Bonchev–Trinajstić information content (AvgIpc) is 3.64. The number of likely N-dealkylation sites (tertiary alicyclic amines) is 2. The van der Waals surface area contributed by atoms with Gasteiger partial charge in [0.25, 0.3) is 0 Å². The third-order valence-corrected chi connectivity index (χ3v) is 8.17. The van der Waals surface area contributed by atoms with Crippen LogP contribution in [-0.2, 0) is 19.3 Å². The molecule has 2 aromatic carbocycles. The minimum atomic E-state index is -0.0204. The summed E-state index contributed by atoms with van der Waals surface area (Å²) in [6, 6.07) is 15.5. The van der Waals surface area contributed by atoms with Crippen molar-refractivity contribution in [3.63, 3.8) is 0 Å². The van der Waals surface area contributed by atoms with Crippen molar-refractivity contribution in [1.29, 1.82) is 0 Å². The van der Waals surface area contributed by atoms with E-state index in [9.17, 15) is 5.11 Å². The van der Waals surface area contributed by atoms with Gasteiger partial charge < -0.3 is 24.5 Å². The van der Waals surface area contributed by atoms with Gasteiger partial charge in [0, 0.05) is 25.0 Å². The molecule has 1 aliphatic carbocycles. The lowest BCUT2D eigenvalue weighted by molar-refractivity contribution is -0.224. The van der Waals surface area contributed by atoms with E-state index in [2.05, 4.69) is 46.2 Å². The molecule has 2 fully saturated rings. The van der Waals surface area contributed by atoms with Gasteiger partial charge in [0.1, 0.15) is 13.2 Å². The summed E-state index contributed by atoms with van der Waals surface area (Å²) in [5, 5.41) is 13.4. The molecule has 6 rings (SSSR count). The zero-order valence-corrected chi connectivity index (χ0v) is 20.5.